The van der Waals surface area contributed by atoms with Crippen LogP contribution in [-0.4, -0.2) is 61.4 Å². The number of rotatable bonds is 19. The summed E-state index contributed by atoms with van der Waals surface area (Å²) in [5, 5.41) is 0. The fourth-order valence-corrected chi connectivity index (χ4v) is 19.1. The number of benzene rings is 1. The van der Waals surface area contributed by atoms with Crippen molar-refractivity contribution in [3.8, 4) is 11.5 Å². The molecule has 1 rings (SSSR count). The Kier molecular flexibility index (Phi) is 16.0. The van der Waals surface area contributed by atoms with Crippen LogP contribution in [0.1, 0.15) is 115 Å². The molecule has 0 saturated carbocycles. The predicted molar refractivity (Wildman–Crippen MR) is 187 cm³/mol. The maximum atomic E-state index is 13.9. The lowest BCUT2D eigenvalue weighted by Gasteiger charge is -2.47. The average Bonchev–Trinajstić information content (AvgIpc) is 2.92. The van der Waals surface area contributed by atoms with Gasteiger partial charge in [-0.15, -0.1) is 0 Å². The fourth-order valence-electron chi connectivity index (χ4n) is 8.03. The highest BCUT2D eigenvalue weighted by molar-refractivity contribution is 6.78. The van der Waals surface area contributed by atoms with Crippen molar-refractivity contribution in [2.45, 2.75) is 143 Å². The number of methoxy groups -OCH3 is 2. The first-order valence-corrected chi connectivity index (χ1v) is 21.1. The number of carbonyl (C=O) groups excluding carboxylic acids is 1. The van der Waals surface area contributed by atoms with Crippen molar-refractivity contribution in [2.24, 2.45) is 5.92 Å². The third-order valence-corrected chi connectivity index (χ3v) is 22.2. The summed E-state index contributed by atoms with van der Waals surface area (Å²) in [4.78, 5) is 15.8. The first-order chi connectivity index (χ1) is 20.0. The summed E-state index contributed by atoms with van der Waals surface area (Å²) in [5.41, 5.74) is 3.54. The second-order valence-electron chi connectivity index (χ2n) is 14.1. The fraction of sp³-hybridized carbons (Fsp3) is 0.800. The lowest BCUT2D eigenvalue weighted by atomic mass is 9.92. The predicted octanol–water partition coefficient (Wildman–Crippen LogP) is 10.0. The summed E-state index contributed by atoms with van der Waals surface area (Å²) in [7, 11) is -1.23. The summed E-state index contributed by atoms with van der Waals surface area (Å²) < 4.78 is 26.3. The Morgan fingerprint density at radius 2 is 1.14 bits per heavy atom. The zero-order valence-electron chi connectivity index (χ0n) is 30.7. The van der Waals surface area contributed by atoms with Gasteiger partial charge in [0.1, 0.15) is 0 Å². The molecule has 0 saturated heterocycles. The first kappa shape index (κ1) is 39.7. The van der Waals surface area contributed by atoms with Gasteiger partial charge in [0.15, 0.2) is 19.8 Å². The monoisotopic (exact) mass is 637 g/mol. The van der Waals surface area contributed by atoms with Crippen molar-refractivity contribution < 1.29 is 23.1 Å². The number of amides is 1. The van der Waals surface area contributed by atoms with E-state index in [-0.39, 0.29) is 17.9 Å². The molecule has 0 heterocycles. The van der Waals surface area contributed by atoms with Crippen molar-refractivity contribution in [1.29, 1.82) is 0 Å². The molecular weight excluding hydrogens is 571 g/mol. The second kappa shape index (κ2) is 17.4. The van der Waals surface area contributed by atoms with Gasteiger partial charge in [0.05, 0.1) is 20.3 Å². The molecule has 0 aliphatic rings. The zero-order valence-corrected chi connectivity index (χ0v) is 32.7. The molecule has 0 N–H and O–H groups in total. The van der Waals surface area contributed by atoms with Crippen molar-refractivity contribution in [3.63, 3.8) is 0 Å². The highest BCUT2D eigenvalue weighted by atomic mass is 28.4. The lowest BCUT2D eigenvalue weighted by Crippen LogP contribution is -2.51. The minimum atomic E-state index is -2.36. The number of hydrogen-bond acceptors (Lipinski definition) is 5. The van der Waals surface area contributed by atoms with E-state index >= 15 is 0 Å². The minimum absolute atomic E-state index is 0.155. The molecular formula is C35H67NO5Si2. The SMILES string of the molecule is CCN(CC)C(=O)C[C@H](CO[Si](C(C)C)(C(C)C)C(C)C)[C@H](O[Si](C(C)C)(C(C)C)C(C)C)c1ccc(OC)c(OC)c1. The van der Waals surface area contributed by atoms with Gasteiger partial charge in [0, 0.05) is 32.0 Å². The molecule has 0 radical (unpaired) electrons. The number of carbonyl (C=O) groups is 1. The van der Waals surface area contributed by atoms with Crippen molar-refractivity contribution in [1.82, 2.24) is 4.90 Å². The summed E-state index contributed by atoms with van der Waals surface area (Å²) in [6.45, 7) is 33.8. The average molecular weight is 638 g/mol. The largest absolute Gasteiger partial charge is 0.493 e. The Morgan fingerprint density at radius 3 is 1.51 bits per heavy atom. The smallest absolute Gasteiger partial charge is 0.223 e. The van der Waals surface area contributed by atoms with E-state index in [0.29, 0.717) is 70.9 Å². The third-order valence-electron chi connectivity index (χ3n) is 10.0. The summed E-state index contributed by atoms with van der Waals surface area (Å²) in [6, 6.07) is 6.11. The van der Waals surface area contributed by atoms with Crippen LogP contribution in [0.3, 0.4) is 0 Å². The number of nitrogens with zero attached hydrogens (tertiary/aromatic N) is 1. The minimum Gasteiger partial charge on any atom is -0.493 e. The van der Waals surface area contributed by atoms with Crippen LogP contribution in [0.25, 0.3) is 0 Å². The van der Waals surface area contributed by atoms with Crippen LogP contribution in [0.2, 0.25) is 33.2 Å². The molecule has 2 atom stereocenters. The summed E-state index contributed by atoms with van der Waals surface area (Å²) in [5.74, 6) is 1.36. The van der Waals surface area contributed by atoms with Gasteiger partial charge in [-0.2, -0.15) is 0 Å². The van der Waals surface area contributed by atoms with E-state index in [2.05, 4.69) is 109 Å². The van der Waals surface area contributed by atoms with Gasteiger partial charge in [-0.3, -0.25) is 4.79 Å². The number of ether oxygens (including phenoxy) is 2. The Balaban J connectivity index is 3.99. The highest BCUT2D eigenvalue weighted by Gasteiger charge is 2.50. The van der Waals surface area contributed by atoms with E-state index in [1.807, 2.05) is 11.0 Å². The molecule has 1 aromatic rings. The van der Waals surface area contributed by atoms with E-state index in [1.54, 1.807) is 14.2 Å². The van der Waals surface area contributed by atoms with E-state index < -0.39 is 16.6 Å². The maximum Gasteiger partial charge on any atom is 0.223 e. The summed E-state index contributed by atoms with van der Waals surface area (Å²) in [6.07, 6.45) is 0.0504. The van der Waals surface area contributed by atoms with Crippen LogP contribution < -0.4 is 9.47 Å². The van der Waals surface area contributed by atoms with Crippen LogP contribution in [0.5, 0.6) is 11.5 Å². The van der Waals surface area contributed by atoms with Gasteiger partial charge in [-0.05, 0) is 64.8 Å². The van der Waals surface area contributed by atoms with Gasteiger partial charge in [0.2, 0.25) is 14.2 Å². The van der Waals surface area contributed by atoms with E-state index in [0.717, 1.165) is 5.56 Å². The molecule has 43 heavy (non-hydrogen) atoms. The van der Waals surface area contributed by atoms with Crippen LogP contribution in [0.15, 0.2) is 18.2 Å². The molecule has 1 amide bonds. The van der Waals surface area contributed by atoms with Crippen molar-refractivity contribution >= 4 is 22.5 Å². The van der Waals surface area contributed by atoms with Gasteiger partial charge in [-0.1, -0.05) is 89.2 Å². The quantitative estimate of drug-likeness (QED) is 0.141. The Labute approximate surface area is 267 Å². The van der Waals surface area contributed by atoms with E-state index in [4.69, 9.17) is 18.3 Å². The molecule has 250 valence electrons. The molecule has 0 fully saturated rings. The van der Waals surface area contributed by atoms with Crippen LogP contribution in [0, 0.1) is 5.92 Å². The van der Waals surface area contributed by atoms with Crippen LogP contribution in [-0.2, 0) is 13.6 Å². The normalized spacial score (nSPS) is 14.4. The van der Waals surface area contributed by atoms with Crippen LogP contribution >= 0.6 is 0 Å². The zero-order chi connectivity index (χ0) is 33.3. The topological polar surface area (TPSA) is 57.2 Å². The Bertz CT molecular complexity index is 931. The maximum absolute atomic E-state index is 13.9. The summed E-state index contributed by atoms with van der Waals surface area (Å²) >= 11 is 0. The van der Waals surface area contributed by atoms with Gasteiger partial charge >= 0.3 is 0 Å². The standard InChI is InChI=1S/C35H67NO5Si2/c1-17-36(18-2)34(37)22-31(23-40-42(24(3)4,25(5)6)26(7)8)35(30-19-20-32(38-15)33(21-30)39-16)41-43(27(9)10,28(11)12)29(13)14/h19-21,24-29,31,35H,17-18,22-23H2,1-16H3/t31-,35-/m1/s1. The molecule has 0 aliphatic heterocycles. The van der Waals surface area contributed by atoms with E-state index in [1.165, 1.54) is 0 Å². The lowest BCUT2D eigenvalue weighted by molar-refractivity contribution is -0.133. The molecule has 8 heteroatoms. The van der Waals surface area contributed by atoms with Gasteiger partial charge in [0.25, 0.3) is 0 Å². The molecule has 6 nitrogen and oxygen atoms in total. The third kappa shape index (κ3) is 8.89. The highest BCUT2D eigenvalue weighted by Crippen LogP contribution is 2.49. The second-order valence-corrected chi connectivity index (χ2v) is 25.0. The first-order valence-electron chi connectivity index (χ1n) is 16.8. The Hall–Kier alpha value is -1.36. The number of hydrogen-bond donors (Lipinski definition) is 0. The van der Waals surface area contributed by atoms with E-state index in [9.17, 15) is 4.79 Å². The van der Waals surface area contributed by atoms with Crippen molar-refractivity contribution in [3.05, 3.63) is 23.8 Å². The van der Waals surface area contributed by atoms with Gasteiger partial charge in [-0.25, -0.2) is 0 Å². The molecule has 1 aromatic carbocycles. The van der Waals surface area contributed by atoms with Crippen LogP contribution in [0.4, 0.5) is 0 Å². The molecule has 0 unspecified atom stereocenters. The molecule has 0 aliphatic carbocycles. The molecule has 0 aromatic heterocycles. The Morgan fingerprint density at radius 1 is 0.698 bits per heavy atom. The molecule has 0 spiro atoms. The van der Waals surface area contributed by atoms with Gasteiger partial charge < -0.3 is 23.2 Å². The van der Waals surface area contributed by atoms with Crippen molar-refractivity contribution in [2.75, 3.05) is 33.9 Å². The molecule has 0 bridgehead atoms.